The standard InChI is InChI=1S/C14H12N4O2/c1-2-11-12(16-18-7-3-6-15-13(11)18)14(20)17-8-4-10(19)5-9-17/h1,3,6-7H,4-5,8-9H2. The number of terminal acetylenes is 1. The Labute approximate surface area is 115 Å². The van der Waals surface area contributed by atoms with Crippen LogP contribution in [-0.2, 0) is 4.79 Å². The van der Waals surface area contributed by atoms with E-state index in [4.69, 9.17) is 6.42 Å². The summed E-state index contributed by atoms with van der Waals surface area (Å²) in [6, 6.07) is 1.72. The van der Waals surface area contributed by atoms with E-state index in [0.717, 1.165) is 0 Å². The van der Waals surface area contributed by atoms with Crippen molar-refractivity contribution in [3.63, 3.8) is 0 Å². The summed E-state index contributed by atoms with van der Waals surface area (Å²) in [4.78, 5) is 29.5. The van der Waals surface area contributed by atoms with Gasteiger partial charge in [0.2, 0.25) is 0 Å². The zero-order valence-electron chi connectivity index (χ0n) is 10.7. The molecule has 1 saturated heterocycles. The van der Waals surface area contributed by atoms with Gasteiger partial charge >= 0.3 is 0 Å². The van der Waals surface area contributed by atoms with Gasteiger partial charge in [-0.25, -0.2) is 9.50 Å². The first-order valence-electron chi connectivity index (χ1n) is 6.31. The molecule has 0 saturated carbocycles. The van der Waals surface area contributed by atoms with Crippen molar-refractivity contribution < 1.29 is 9.59 Å². The zero-order chi connectivity index (χ0) is 14.1. The van der Waals surface area contributed by atoms with Crippen molar-refractivity contribution in [1.29, 1.82) is 0 Å². The van der Waals surface area contributed by atoms with Gasteiger partial charge in [0.05, 0.1) is 0 Å². The predicted octanol–water partition coefficient (Wildman–Crippen LogP) is 0.516. The number of carbonyl (C=O) groups is 2. The number of ketones is 1. The van der Waals surface area contributed by atoms with Crippen molar-refractivity contribution in [2.75, 3.05) is 13.1 Å². The van der Waals surface area contributed by atoms with Gasteiger partial charge in [-0.2, -0.15) is 5.10 Å². The summed E-state index contributed by atoms with van der Waals surface area (Å²) in [5.74, 6) is 2.43. The van der Waals surface area contributed by atoms with Crippen LogP contribution in [0.5, 0.6) is 0 Å². The highest BCUT2D eigenvalue weighted by molar-refractivity contribution is 5.97. The summed E-state index contributed by atoms with van der Waals surface area (Å²) in [5, 5.41) is 4.21. The number of Topliss-reactive ketones (excluding diaryl/α,β-unsaturated/α-hetero) is 1. The van der Waals surface area contributed by atoms with Crippen molar-refractivity contribution in [3.05, 3.63) is 29.7 Å². The lowest BCUT2D eigenvalue weighted by atomic mass is 10.1. The van der Waals surface area contributed by atoms with Crippen LogP contribution in [0.4, 0.5) is 0 Å². The summed E-state index contributed by atoms with van der Waals surface area (Å²) >= 11 is 0. The first-order valence-corrected chi connectivity index (χ1v) is 6.31. The van der Waals surface area contributed by atoms with Gasteiger partial charge < -0.3 is 4.90 Å². The molecule has 1 aliphatic heterocycles. The van der Waals surface area contributed by atoms with Gasteiger partial charge in [-0.15, -0.1) is 6.42 Å². The normalized spacial score (nSPS) is 15.3. The average molecular weight is 268 g/mol. The molecule has 0 unspecified atom stereocenters. The molecular formula is C14H12N4O2. The van der Waals surface area contributed by atoms with Crippen LogP contribution >= 0.6 is 0 Å². The molecule has 6 heteroatoms. The number of hydrogen-bond acceptors (Lipinski definition) is 4. The van der Waals surface area contributed by atoms with Gasteiger partial charge in [0.15, 0.2) is 11.3 Å². The van der Waals surface area contributed by atoms with E-state index in [1.165, 1.54) is 4.52 Å². The number of nitrogens with zero attached hydrogens (tertiary/aromatic N) is 4. The Morgan fingerprint density at radius 1 is 1.35 bits per heavy atom. The van der Waals surface area contributed by atoms with Crippen LogP contribution in [0.15, 0.2) is 18.5 Å². The van der Waals surface area contributed by atoms with Crippen molar-refractivity contribution in [3.8, 4) is 12.3 Å². The monoisotopic (exact) mass is 268 g/mol. The van der Waals surface area contributed by atoms with Crippen molar-refractivity contribution in [2.45, 2.75) is 12.8 Å². The number of amides is 1. The zero-order valence-corrected chi connectivity index (χ0v) is 10.7. The first-order chi connectivity index (χ1) is 9.70. The molecule has 2 aromatic heterocycles. The fourth-order valence-electron chi connectivity index (χ4n) is 2.28. The Balaban J connectivity index is 1.99. The molecule has 0 aromatic carbocycles. The number of carbonyl (C=O) groups excluding carboxylic acids is 2. The maximum Gasteiger partial charge on any atom is 0.275 e. The van der Waals surface area contributed by atoms with Crippen LogP contribution < -0.4 is 0 Å². The van der Waals surface area contributed by atoms with E-state index in [9.17, 15) is 9.59 Å². The molecule has 0 spiro atoms. The molecule has 0 N–H and O–H groups in total. The summed E-state index contributed by atoms with van der Waals surface area (Å²) in [6.45, 7) is 0.839. The van der Waals surface area contributed by atoms with E-state index in [1.54, 1.807) is 23.4 Å². The molecule has 2 aromatic rings. The molecule has 3 rings (SSSR count). The number of aromatic nitrogens is 3. The summed E-state index contributed by atoms with van der Waals surface area (Å²) in [5.41, 5.74) is 1.11. The Morgan fingerprint density at radius 3 is 2.80 bits per heavy atom. The van der Waals surface area contributed by atoms with Crippen molar-refractivity contribution >= 4 is 17.3 Å². The minimum absolute atomic E-state index is 0.183. The maximum absolute atomic E-state index is 12.5. The van der Waals surface area contributed by atoms with E-state index in [1.807, 2.05) is 0 Å². The van der Waals surface area contributed by atoms with Gasteiger partial charge in [0.25, 0.3) is 5.91 Å². The van der Waals surface area contributed by atoms with Crippen molar-refractivity contribution in [2.24, 2.45) is 0 Å². The molecule has 3 heterocycles. The molecule has 20 heavy (non-hydrogen) atoms. The number of hydrogen-bond donors (Lipinski definition) is 0. The lowest BCUT2D eigenvalue weighted by Crippen LogP contribution is -2.39. The SMILES string of the molecule is C#Cc1c(C(=O)N2CCC(=O)CC2)nn2cccnc12. The van der Waals surface area contributed by atoms with Crippen LogP contribution in [0.2, 0.25) is 0 Å². The Bertz CT molecular complexity index is 731. The van der Waals surface area contributed by atoms with Gasteiger partial charge in [-0.3, -0.25) is 9.59 Å². The molecule has 1 aliphatic rings. The Hall–Kier alpha value is -2.68. The van der Waals surface area contributed by atoms with Gasteiger partial charge in [-0.1, -0.05) is 5.92 Å². The predicted molar refractivity (Wildman–Crippen MR) is 71.1 cm³/mol. The van der Waals surface area contributed by atoms with E-state index in [-0.39, 0.29) is 17.4 Å². The molecule has 1 amide bonds. The van der Waals surface area contributed by atoms with Gasteiger partial charge in [-0.05, 0) is 6.07 Å². The molecule has 0 aliphatic carbocycles. The Morgan fingerprint density at radius 2 is 2.10 bits per heavy atom. The van der Waals surface area contributed by atoms with Crippen LogP contribution in [0.25, 0.3) is 5.65 Å². The average Bonchev–Trinajstić information content (AvgIpc) is 2.85. The van der Waals surface area contributed by atoms with Gasteiger partial charge in [0, 0.05) is 38.3 Å². The smallest absolute Gasteiger partial charge is 0.275 e. The fourth-order valence-corrected chi connectivity index (χ4v) is 2.28. The van der Waals surface area contributed by atoms with Crippen LogP contribution in [0, 0.1) is 12.3 Å². The molecule has 6 nitrogen and oxygen atoms in total. The van der Waals surface area contributed by atoms with Crippen LogP contribution in [0.1, 0.15) is 28.9 Å². The second-order valence-electron chi connectivity index (χ2n) is 4.59. The van der Waals surface area contributed by atoms with Crippen LogP contribution in [0.3, 0.4) is 0 Å². The molecule has 0 bridgehead atoms. The second kappa shape index (κ2) is 4.78. The van der Waals surface area contributed by atoms with E-state index in [2.05, 4.69) is 16.0 Å². The summed E-state index contributed by atoms with van der Waals surface area (Å²) in [6.07, 6.45) is 9.56. The second-order valence-corrected chi connectivity index (χ2v) is 4.59. The van der Waals surface area contributed by atoms with E-state index < -0.39 is 0 Å². The maximum atomic E-state index is 12.5. The Kier molecular flexibility index (Phi) is 2.95. The summed E-state index contributed by atoms with van der Waals surface area (Å²) < 4.78 is 1.50. The lowest BCUT2D eigenvalue weighted by Gasteiger charge is -2.25. The van der Waals surface area contributed by atoms with Gasteiger partial charge in [0.1, 0.15) is 11.3 Å². The third-order valence-electron chi connectivity index (χ3n) is 3.35. The number of likely N-dealkylation sites (tertiary alicyclic amines) is 1. The van der Waals surface area contributed by atoms with E-state index >= 15 is 0 Å². The molecule has 100 valence electrons. The van der Waals surface area contributed by atoms with Crippen LogP contribution in [-0.4, -0.2) is 44.3 Å². The number of piperidine rings is 1. The minimum Gasteiger partial charge on any atom is -0.336 e. The molecular weight excluding hydrogens is 256 g/mol. The molecule has 0 radical (unpaired) electrons. The largest absolute Gasteiger partial charge is 0.336 e. The number of fused-ring (bicyclic) bond motifs is 1. The molecule has 1 fully saturated rings. The lowest BCUT2D eigenvalue weighted by molar-refractivity contribution is -0.120. The quantitative estimate of drug-likeness (QED) is 0.707. The van der Waals surface area contributed by atoms with E-state index in [0.29, 0.717) is 37.1 Å². The highest BCUT2D eigenvalue weighted by atomic mass is 16.2. The highest BCUT2D eigenvalue weighted by Gasteiger charge is 2.26. The topological polar surface area (TPSA) is 67.6 Å². The third-order valence-corrected chi connectivity index (χ3v) is 3.35. The molecule has 0 atom stereocenters. The first kappa shape index (κ1) is 12.4. The fraction of sp³-hybridized carbons (Fsp3) is 0.286. The minimum atomic E-state index is -0.240. The number of rotatable bonds is 1. The third kappa shape index (κ3) is 1.93. The highest BCUT2D eigenvalue weighted by Crippen LogP contribution is 2.16. The summed E-state index contributed by atoms with van der Waals surface area (Å²) in [7, 11) is 0. The van der Waals surface area contributed by atoms with Crippen molar-refractivity contribution in [1.82, 2.24) is 19.5 Å².